The fourth-order valence-corrected chi connectivity index (χ4v) is 7.57. The normalized spacial score (nSPS) is 11.6. The Morgan fingerprint density at radius 2 is 1.62 bits per heavy atom. The molecule has 0 spiro atoms. The van der Waals surface area contributed by atoms with Gasteiger partial charge in [0.2, 0.25) is 0 Å². The van der Waals surface area contributed by atoms with Gasteiger partial charge >= 0.3 is 61.3 Å². The molecule has 2 heteroatoms. The van der Waals surface area contributed by atoms with Gasteiger partial charge in [0.15, 0.2) is 0 Å². The molecule has 0 nitrogen and oxygen atoms in total. The van der Waals surface area contributed by atoms with Crippen LogP contribution in [0.3, 0.4) is 0 Å². The Morgan fingerprint density at radius 3 is 1.62 bits per heavy atom. The van der Waals surface area contributed by atoms with Gasteiger partial charge in [-0.05, 0) is 0 Å². The van der Waals surface area contributed by atoms with Gasteiger partial charge in [-0.15, -0.1) is 0 Å². The van der Waals surface area contributed by atoms with Crippen molar-refractivity contribution in [3.8, 4) is 0 Å². The molecule has 0 fully saturated rings. The second-order valence-electron chi connectivity index (χ2n) is 3.68. The first-order valence-electron chi connectivity index (χ1n) is 3.48. The standard InChI is InChI=1S/C3H9Si.C2H5.CH3.Sc/c1-4(2)3;1-2;;/h1-3H3;1H2,2H3;1H3;. The second kappa shape index (κ2) is 3.30. The van der Waals surface area contributed by atoms with Crippen LogP contribution in [0.5, 0.6) is 0 Å². The molecule has 0 unspecified atom stereocenters. The van der Waals surface area contributed by atoms with E-state index in [1.807, 2.05) is 0 Å². The summed E-state index contributed by atoms with van der Waals surface area (Å²) in [6, 6.07) is 0. The van der Waals surface area contributed by atoms with Gasteiger partial charge in [0.25, 0.3) is 0 Å². The van der Waals surface area contributed by atoms with Crippen molar-refractivity contribution in [2.45, 2.75) is 35.4 Å². The van der Waals surface area contributed by atoms with E-state index >= 15 is 0 Å². The summed E-state index contributed by atoms with van der Waals surface area (Å²) < 4.78 is 4.10. The van der Waals surface area contributed by atoms with Crippen LogP contribution in [-0.2, 0) is 20.6 Å². The Morgan fingerprint density at radius 1 is 1.25 bits per heavy atom. The van der Waals surface area contributed by atoms with Crippen molar-refractivity contribution in [2.24, 2.45) is 0 Å². The second-order valence-corrected chi connectivity index (χ2v) is 24.7. The first-order valence-corrected chi connectivity index (χ1v) is 12.8. The third-order valence-electron chi connectivity index (χ3n) is 2.09. The van der Waals surface area contributed by atoms with Crippen LogP contribution < -0.4 is 0 Å². The Bertz CT molecular complexity index is 65.4. The first kappa shape index (κ1) is 9.09. The summed E-state index contributed by atoms with van der Waals surface area (Å²) in [5, 5.41) is -0.573. The van der Waals surface area contributed by atoms with E-state index in [9.17, 15) is 0 Å². The van der Waals surface area contributed by atoms with Crippen LogP contribution in [0.1, 0.15) is 6.92 Å². The number of hydrogen-bond donors (Lipinski definition) is 0. The van der Waals surface area contributed by atoms with Gasteiger partial charge in [0, 0.05) is 0 Å². The maximum atomic E-state index is 2.55. The molecule has 0 bridgehead atoms. The number of rotatable bonds is 2. The quantitative estimate of drug-likeness (QED) is 0.548. The van der Waals surface area contributed by atoms with Crippen LogP contribution in [0.4, 0.5) is 0 Å². The number of hydrogen-bond acceptors (Lipinski definition) is 0. The van der Waals surface area contributed by atoms with Crippen molar-refractivity contribution in [2.75, 3.05) is 0 Å². The fraction of sp³-hybridized carbons (Fsp3) is 1.00. The van der Waals surface area contributed by atoms with Crippen LogP contribution in [0.15, 0.2) is 0 Å². The van der Waals surface area contributed by atoms with Crippen molar-refractivity contribution in [1.29, 1.82) is 0 Å². The summed E-state index contributed by atoms with van der Waals surface area (Å²) in [6.07, 6.45) is 0. The average Bonchev–Trinajstić information content (AvgIpc) is 1.62. The minimum absolute atomic E-state index is 0.573. The van der Waals surface area contributed by atoms with Gasteiger partial charge < -0.3 is 0 Å². The van der Waals surface area contributed by atoms with Crippen LogP contribution in [0.25, 0.3) is 0 Å². The van der Waals surface area contributed by atoms with Gasteiger partial charge in [-0.1, -0.05) is 0 Å². The Kier molecular flexibility index (Phi) is 3.75. The summed E-state index contributed by atoms with van der Waals surface area (Å²) in [5.74, 6) is 0. The van der Waals surface area contributed by atoms with Gasteiger partial charge in [-0.2, -0.15) is 0 Å². The molecule has 0 radical (unpaired) electrons. The first-order chi connectivity index (χ1) is 3.48. The maximum absolute atomic E-state index is 2.55. The molecule has 48 valence electrons. The SMILES string of the molecule is C[CH2][Sc]([CH3])[Si](C)(C)C. The Hall–Kier alpha value is 1.09. The fourth-order valence-electron chi connectivity index (χ4n) is 0.612. The molecule has 8 heavy (non-hydrogen) atoms. The van der Waals surface area contributed by atoms with Gasteiger partial charge in [-0.3, -0.25) is 0 Å². The van der Waals surface area contributed by atoms with Crippen LogP contribution in [0, 0.1) is 0 Å². The molecule has 0 amide bonds. The minimum atomic E-state index is -0.657. The molecule has 0 aliphatic heterocycles. The molecule has 0 aromatic carbocycles. The predicted octanol–water partition coefficient (Wildman–Crippen LogP) is 2.93. The summed E-state index contributed by atoms with van der Waals surface area (Å²) in [5.41, 5.74) is 0. The summed E-state index contributed by atoms with van der Waals surface area (Å²) >= 11 is -0.657. The Labute approximate surface area is 61.2 Å². The van der Waals surface area contributed by atoms with E-state index in [0.29, 0.717) is 0 Å². The van der Waals surface area contributed by atoms with Gasteiger partial charge in [0.05, 0.1) is 0 Å². The van der Waals surface area contributed by atoms with E-state index in [1.54, 1.807) is 4.18 Å². The van der Waals surface area contributed by atoms with E-state index in [1.165, 1.54) is 0 Å². The molecular weight excluding hydrogens is 145 g/mol. The summed E-state index contributed by atoms with van der Waals surface area (Å²) in [7, 11) is 0. The van der Waals surface area contributed by atoms with Gasteiger partial charge in [-0.25, -0.2) is 0 Å². The summed E-state index contributed by atoms with van der Waals surface area (Å²) in [6.45, 7) is 9.91. The van der Waals surface area contributed by atoms with Crippen LogP contribution >= 0.6 is 0 Å². The molecule has 0 saturated heterocycles. The molecule has 0 N–H and O–H groups in total. The van der Waals surface area contributed by atoms with Crippen molar-refractivity contribution >= 4 is 5.26 Å². The predicted molar refractivity (Wildman–Crippen MR) is 39.7 cm³/mol. The zero-order chi connectivity index (χ0) is 6.78. The van der Waals surface area contributed by atoms with Crippen molar-refractivity contribution in [3.05, 3.63) is 0 Å². The molecule has 0 aliphatic rings. The van der Waals surface area contributed by atoms with Crippen LogP contribution in [0.2, 0.25) is 28.5 Å². The van der Waals surface area contributed by atoms with E-state index in [-0.39, 0.29) is 0 Å². The zero-order valence-corrected chi connectivity index (χ0v) is 9.59. The van der Waals surface area contributed by atoms with Crippen molar-refractivity contribution in [1.82, 2.24) is 0 Å². The van der Waals surface area contributed by atoms with E-state index in [2.05, 4.69) is 31.2 Å². The van der Waals surface area contributed by atoms with Gasteiger partial charge in [0.1, 0.15) is 0 Å². The van der Waals surface area contributed by atoms with Crippen molar-refractivity contribution < 1.29 is 20.6 Å². The third kappa shape index (κ3) is 3.18. The topological polar surface area (TPSA) is 0 Å². The molecule has 0 aromatic heterocycles. The summed E-state index contributed by atoms with van der Waals surface area (Å²) in [4.78, 5) is 0. The molecule has 0 atom stereocenters. The molecule has 0 aliphatic carbocycles. The van der Waals surface area contributed by atoms with E-state index < -0.39 is 25.9 Å². The average molecular weight is 162 g/mol. The Balaban J connectivity index is 3.62. The van der Waals surface area contributed by atoms with Crippen molar-refractivity contribution in [3.63, 3.8) is 0 Å². The van der Waals surface area contributed by atoms with E-state index in [4.69, 9.17) is 0 Å². The van der Waals surface area contributed by atoms with Crippen LogP contribution in [-0.4, -0.2) is 5.26 Å². The zero-order valence-electron chi connectivity index (χ0n) is 6.78. The molecule has 0 rings (SSSR count). The molecule has 0 saturated carbocycles. The van der Waals surface area contributed by atoms with E-state index in [0.717, 1.165) is 0 Å². The molecule has 0 aromatic rings. The molecular formula is C6H17ScSi. The molecule has 0 heterocycles. The monoisotopic (exact) mass is 162 g/mol. The third-order valence-corrected chi connectivity index (χ3v) is 22.5.